The highest BCUT2D eigenvalue weighted by Gasteiger charge is 2.41. The van der Waals surface area contributed by atoms with Gasteiger partial charge in [0.15, 0.2) is 0 Å². The van der Waals surface area contributed by atoms with Gasteiger partial charge in [-0.1, -0.05) is 36.4 Å². The number of benzene rings is 2. The average molecular weight is 441 g/mol. The fourth-order valence-electron chi connectivity index (χ4n) is 4.95. The second-order valence-corrected chi connectivity index (χ2v) is 9.25. The number of nitrogens with zero attached hydrogens (tertiary/aromatic N) is 2. The van der Waals surface area contributed by atoms with Crippen LogP contribution in [0.2, 0.25) is 0 Å². The Balaban J connectivity index is 1.61. The van der Waals surface area contributed by atoms with E-state index in [1.54, 1.807) is 12.1 Å². The molecule has 6 heteroatoms. The molecule has 172 valence electrons. The molecule has 0 spiro atoms. The highest BCUT2D eigenvalue weighted by Crippen LogP contribution is 2.36. The van der Waals surface area contributed by atoms with E-state index >= 15 is 0 Å². The molecule has 0 radical (unpaired) electrons. The molecule has 0 aromatic heterocycles. The first kappa shape index (κ1) is 22.9. The molecule has 1 fully saturated rings. The summed E-state index contributed by atoms with van der Waals surface area (Å²) < 4.78 is 25.8. The first-order chi connectivity index (χ1) is 15.3. The molecule has 2 aliphatic heterocycles. The van der Waals surface area contributed by atoms with Crippen molar-refractivity contribution in [1.29, 1.82) is 0 Å². The largest absolute Gasteiger partial charge is 0.372 e. The van der Waals surface area contributed by atoms with Crippen molar-refractivity contribution in [3.8, 4) is 0 Å². The van der Waals surface area contributed by atoms with Crippen molar-refractivity contribution in [1.82, 2.24) is 9.80 Å². The summed E-state index contributed by atoms with van der Waals surface area (Å²) in [6.45, 7) is 5.03. The van der Waals surface area contributed by atoms with Crippen LogP contribution in [0.4, 0.5) is 4.39 Å². The van der Waals surface area contributed by atoms with Gasteiger partial charge in [0.2, 0.25) is 0 Å². The maximum Gasteiger partial charge on any atom is 0.252 e. The summed E-state index contributed by atoms with van der Waals surface area (Å²) in [6, 6.07) is 14.5. The number of carbonyl (C=O) groups is 1. The van der Waals surface area contributed by atoms with Crippen LogP contribution in [0.5, 0.6) is 0 Å². The summed E-state index contributed by atoms with van der Waals surface area (Å²) >= 11 is 0. The quantitative estimate of drug-likeness (QED) is 0.709. The van der Waals surface area contributed by atoms with Crippen LogP contribution in [0.25, 0.3) is 0 Å². The second-order valence-electron chi connectivity index (χ2n) is 9.25. The summed E-state index contributed by atoms with van der Waals surface area (Å²) in [5.41, 5.74) is 3.24. The first-order valence-corrected chi connectivity index (χ1v) is 11.4. The summed E-state index contributed by atoms with van der Waals surface area (Å²) in [6.07, 6.45) is 0.881. The average Bonchev–Trinajstić information content (AvgIpc) is 2.78. The normalized spacial score (nSPS) is 25.8. The van der Waals surface area contributed by atoms with Gasteiger partial charge in [0, 0.05) is 19.0 Å². The van der Waals surface area contributed by atoms with Crippen LogP contribution in [0.3, 0.4) is 0 Å². The van der Waals surface area contributed by atoms with Crippen molar-refractivity contribution in [2.75, 3.05) is 27.2 Å². The highest BCUT2D eigenvalue weighted by molar-refractivity contribution is 5.82. The Labute approximate surface area is 190 Å². The van der Waals surface area contributed by atoms with Crippen LogP contribution in [0, 0.1) is 5.82 Å². The van der Waals surface area contributed by atoms with Gasteiger partial charge < -0.3 is 19.3 Å². The standard InChI is InChI=1S/C26H33FN2O3/c1-17(2)32-24-16-31-23(15-22(24)28(3)4)26(30)29-14-13-18-7-5-6-8-21(18)25(29)19-9-11-20(27)12-10-19/h5-12,17,22-25H,13-16H2,1-4H3/t22-,23+,24-,25-/m0/s1. The lowest BCUT2D eigenvalue weighted by Crippen LogP contribution is -2.55. The predicted octanol–water partition coefficient (Wildman–Crippen LogP) is 3.81. The Kier molecular flexibility index (Phi) is 6.93. The number of hydrogen-bond donors (Lipinski definition) is 0. The van der Waals surface area contributed by atoms with Gasteiger partial charge in [0.25, 0.3) is 5.91 Å². The Morgan fingerprint density at radius 3 is 2.56 bits per heavy atom. The Hall–Kier alpha value is -2.28. The van der Waals surface area contributed by atoms with Crippen molar-refractivity contribution in [3.05, 3.63) is 71.0 Å². The molecule has 1 amide bonds. The van der Waals surface area contributed by atoms with Gasteiger partial charge in [0.1, 0.15) is 11.9 Å². The monoisotopic (exact) mass is 440 g/mol. The lowest BCUT2D eigenvalue weighted by molar-refractivity contribution is -0.167. The molecule has 4 rings (SSSR count). The van der Waals surface area contributed by atoms with Gasteiger partial charge in [-0.3, -0.25) is 4.79 Å². The second kappa shape index (κ2) is 9.69. The van der Waals surface area contributed by atoms with Crippen LogP contribution in [-0.4, -0.2) is 67.3 Å². The minimum Gasteiger partial charge on any atom is -0.372 e. The third-order valence-corrected chi connectivity index (χ3v) is 6.48. The van der Waals surface area contributed by atoms with Crippen molar-refractivity contribution in [2.24, 2.45) is 0 Å². The topological polar surface area (TPSA) is 42.0 Å². The number of ether oxygens (including phenoxy) is 2. The zero-order chi connectivity index (χ0) is 22.8. The maximum absolute atomic E-state index is 13.8. The molecule has 5 nitrogen and oxygen atoms in total. The zero-order valence-corrected chi connectivity index (χ0v) is 19.3. The Bertz CT molecular complexity index is 931. The molecule has 0 N–H and O–H groups in total. The van der Waals surface area contributed by atoms with Crippen molar-refractivity contribution in [2.45, 2.75) is 57.1 Å². The minimum absolute atomic E-state index is 0.0105. The molecule has 2 aromatic carbocycles. The van der Waals surface area contributed by atoms with Crippen LogP contribution in [-0.2, 0) is 20.7 Å². The van der Waals surface area contributed by atoms with Gasteiger partial charge in [-0.2, -0.15) is 0 Å². The third-order valence-electron chi connectivity index (χ3n) is 6.48. The van der Waals surface area contributed by atoms with Gasteiger partial charge >= 0.3 is 0 Å². The first-order valence-electron chi connectivity index (χ1n) is 11.4. The van der Waals surface area contributed by atoms with Gasteiger partial charge in [-0.05, 0) is 63.2 Å². The number of amides is 1. The van der Waals surface area contributed by atoms with E-state index in [0.717, 1.165) is 17.5 Å². The van der Waals surface area contributed by atoms with Crippen molar-refractivity contribution < 1.29 is 18.7 Å². The van der Waals surface area contributed by atoms with Crippen molar-refractivity contribution in [3.63, 3.8) is 0 Å². The molecule has 1 saturated heterocycles. The van der Waals surface area contributed by atoms with Gasteiger partial charge in [-0.15, -0.1) is 0 Å². The molecule has 4 atom stereocenters. The predicted molar refractivity (Wildman–Crippen MR) is 122 cm³/mol. The molecule has 2 aliphatic rings. The van der Waals surface area contributed by atoms with Crippen LogP contribution in [0.1, 0.15) is 43.0 Å². The summed E-state index contributed by atoms with van der Waals surface area (Å²) in [7, 11) is 4.04. The van der Waals surface area contributed by atoms with E-state index < -0.39 is 6.10 Å². The van der Waals surface area contributed by atoms with Crippen LogP contribution >= 0.6 is 0 Å². The molecule has 0 unspecified atom stereocenters. The molecule has 0 aliphatic carbocycles. The zero-order valence-electron chi connectivity index (χ0n) is 19.3. The van der Waals surface area contributed by atoms with E-state index in [2.05, 4.69) is 17.0 Å². The maximum atomic E-state index is 13.8. The van der Waals surface area contributed by atoms with E-state index in [4.69, 9.17) is 9.47 Å². The SMILES string of the molecule is CC(C)O[C@H]1CO[C@@H](C(=O)N2CCc3ccccc3[C@@H]2c2ccc(F)cc2)C[C@@H]1N(C)C. The van der Waals surface area contributed by atoms with E-state index in [1.807, 2.05) is 45.0 Å². The van der Waals surface area contributed by atoms with E-state index in [0.29, 0.717) is 19.6 Å². The molecule has 0 saturated carbocycles. The molecule has 32 heavy (non-hydrogen) atoms. The number of likely N-dealkylation sites (N-methyl/N-ethyl adjacent to an activating group) is 1. The highest BCUT2D eigenvalue weighted by atomic mass is 19.1. The summed E-state index contributed by atoms with van der Waals surface area (Å²) in [4.78, 5) is 17.8. The van der Waals surface area contributed by atoms with Crippen molar-refractivity contribution >= 4 is 5.91 Å². The Morgan fingerprint density at radius 2 is 1.88 bits per heavy atom. The number of halogens is 1. The number of hydrogen-bond acceptors (Lipinski definition) is 4. The molecule has 2 heterocycles. The fourth-order valence-corrected chi connectivity index (χ4v) is 4.95. The van der Waals surface area contributed by atoms with Gasteiger partial charge in [0.05, 0.1) is 24.9 Å². The van der Waals surface area contributed by atoms with Crippen LogP contribution < -0.4 is 0 Å². The van der Waals surface area contributed by atoms with E-state index in [9.17, 15) is 9.18 Å². The molecule has 2 aromatic rings. The fraction of sp³-hybridized carbons (Fsp3) is 0.500. The van der Waals surface area contributed by atoms with Crippen LogP contribution in [0.15, 0.2) is 48.5 Å². The number of fused-ring (bicyclic) bond motifs is 1. The van der Waals surface area contributed by atoms with E-state index in [-0.39, 0.29) is 36.0 Å². The number of carbonyl (C=O) groups excluding carboxylic acids is 1. The summed E-state index contributed by atoms with van der Waals surface area (Å²) in [5, 5.41) is 0. The Morgan fingerprint density at radius 1 is 1.16 bits per heavy atom. The lowest BCUT2D eigenvalue weighted by atomic mass is 9.87. The molecular weight excluding hydrogens is 407 g/mol. The van der Waals surface area contributed by atoms with E-state index in [1.165, 1.54) is 17.7 Å². The smallest absolute Gasteiger partial charge is 0.252 e. The minimum atomic E-state index is -0.525. The van der Waals surface area contributed by atoms with Gasteiger partial charge in [-0.25, -0.2) is 4.39 Å². The number of rotatable bonds is 5. The molecule has 0 bridgehead atoms. The third kappa shape index (κ3) is 4.72. The lowest BCUT2D eigenvalue weighted by Gasteiger charge is -2.43. The summed E-state index contributed by atoms with van der Waals surface area (Å²) in [5.74, 6) is -0.292. The molecular formula is C26H33FN2O3.